The van der Waals surface area contributed by atoms with Crippen LogP contribution in [0.3, 0.4) is 0 Å². The average Bonchev–Trinajstić information content (AvgIpc) is 2.60. The molecule has 0 aliphatic heterocycles. The maximum absolute atomic E-state index is 11.0. The van der Waals surface area contributed by atoms with E-state index < -0.39 is 23.3 Å². The number of carbonyl (C=O) groups is 2. The molecule has 4 nitrogen and oxygen atoms in total. The zero-order chi connectivity index (χ0) is 9.64. The Kier molecular flexibility index (Phi) is 1.62. The van der Waals surface area contributed by atoms with Crippen molar-refractivity contribution in [1.29, 1.82) is 0 Å². The average molecular weight is 184 g/mol. The number of fused-ring (bicyclic) bond motifs is 2. The lowest BCUT2D eigenvalue weighted by Crippen LogP contribution is -2.38. The molecular formula is C9H12O4. The molecule has 3 atom stereocenters. The summed E-state index contributed by atoms with van der Waals surface area (Å²) in [4.78, 5) is 21.9. The van der Waals surface area contributed by atoms with Crippen LogP contribution in [0.5, 0.6) is 0 Å². The predicted molar refractivity (Wildman–Crippen MR) is 43.2 cm³/mol. The molecule has 4 heteroatoms. The van der Waals surface area contributed by atoms with Crippen molar-refractivity contribution in [3.8, 4) is 0 Å². The Morgan fingerprint density at radius 1 is 1.31 bits per heavy atom. The van der Waals surface area contributed by atoms with Gasteiger partial charge in [-0.15, -0.1) is 0 Å². The summed E-state index contributed by atoms with van der Waals surface area (Å²) in [6, 6.07) is 0. The summed E-state index contributed by atoms with van der Waals surface area (Å²) < 4.78 is 0. The van der Waals surface area contributed by atoms with Gasteiger partial charge in [0.05, 0.1) is 11.3 Å². The SMILES string of the molecule is O=C(O)[C@H]1C[C@@H]2CC[C@@]1(C(=O)O)C2. The van der Waals surface area contributed by atoms with Gasteiger partial charge in [0.25, 0.3) is 0 Å². The molecule has 0 aromatic heterocycles. The van der Waals surface area contributed by atoms with Gasteiger partial charge in [0, 0.05) is 0 Å². The van der Waals surface area contributed by atoms with Crippen molar-refractivity contribution in [2.24, 2.45) is 17.3 Å². The van der Waals surface area contributed by atoms with Crippen LogP contribution in [0.25, 0.3) is 0 Å². The van der Waals surface area contributed by atoms with E-state index >= 15 is 0 Å². The first-order valence-corrected chi connectivity index (χ1v) is 4.52. The van der Waals surface area contributed by atoms with Crippen molar-refractivity contribution in [3.63, 3.8) is 0 Å². The van der Waals surface area contributed by atoms with Gasteiger partial charge in [-0.3, -0.25) is 9.59 Å². The largest absolute Gasteiger partial charge is 0.481 e. The normalized spacial score (nSPS) is 42.2. The van der Waals surface area contributed by atoms with E-state index in [0.717, 1.165) is 6.42 Å². The van der Waals surface area contributed by atoms with Crippen LogP contribution in [0.2, 0.25) is 0 Å². The van der Waals surface area contributed by atoms with Gasteiger partial charge >= 0.3 is 11.9 Å². The van der Waals surface area contributed by atoms with Crippen molar-refractivity contribution < 1.29 is 19.8 Å². The van der Waals surface area contributed by atoms with Crippen LogP contribution in [0.1, 0.15) is 25.7 Å². The second-order valence-corrected chi connectivity index (χ2v) is 4.20. The van der Waals surface area contributed by atoms with Gasteiger partial charge < -0.3 is 10.2 Å². The molecule has 2 saturated carbocycles. The molecule has 2 fully saturated rings. The van der Waals surface area contributed by atoms with Crippen molar-refractivity contribution in [1.82, 2.24) is 0 Å². The fraction of sp³-hybridized carbons (Fsp3) is 0.778. The second-order valence-electron chi connectivity index (χ2n) is 4.20. The number of hydrogen-bond donors (Lipinski definition) is 2. The van der Waals surface area contributed by atoms with Gasteiger partial charge in [0.1, 0.15) is 0 Å². The summed E-state index contributed by atoms with van der Waals surface area (Å²) in [7, 11) is 0. The smallest absolute Gasteiger partial charge is 0.310 e. The highest BCUT2D eigenvalue weighted by Gasteiger charge is 2.59. The van der Waals surface area contributed by atoms with Crippen LogP contribution in [0.4, 0.5) is 0 Å². The fourth-order valence-electron chi connectivity index (χ4n) is 2.94. The van der Waals surface area contributed by atoms with Gasteiger partial charge in [-0.25, -0.2) is 0 Å². The van der Waals surface area contributed by atoms with Crippen LogP contribution in [-0.2, 0) is 9.59 Å². The van der Waals surface area contributed by atoms with Crippen molar-refractivity contribution in [2.75, 3.05) is 0 Å². The standard InChI is InChI=1S/C9H12O4/c10-7(11)6-3-5-1-2-9(6,4-5)8(12)13/h5-6H,1-4H2,(H,10,11)(H,12,13)/t5-,6+,9+/m0/s1. The molecule has 72 valence electrons. The van der Waals surface area contributed by atoms with Gasteiger partial charge in [-0.2, -0.15) is 0 Å². The Morgan fingerprint density at radius 2 is 2.00 bits per heavy atom. The minimum absolute atomic E-state index is 0.331. The highest BCUT2D eigenvalue weighted by atomic mass is 16.4. The topological polar surface area (TPSA) is 74.6 Å². The first kappa shape index (κ1) is 8.53. The monoisotopic (exact) mass is 184 g/mol. The third kappa shape index (κ3) is 0.975. The second kappa shape index (κ2) is 2.47. The molecule has 0 radical (unpaired) electrons. The van der Waals surface area contributed by atoms with E-state index in [4.69, 9.17) is 10.2 Å². The first-order chi connectivity index (χ1) is 6.06. The molecule has 2 aliphatic carbocycles. The zero-order valence-electron chi connectivity index (χ0n) is 7.19. The molecule has 2 aliphatic rings. The molecule has 2 bridgehead atoms. The van der Waals surface area contributed by atoms with Crippen LogP contribution in [-0.4, -0.2) is 22.2 Å². The lowest BCUT2D eigenvalue weighted by Gasteiger charge is -2.27. The van der Waals surface area contributed by atoms with E-state index in [9.17, 15) is 9.59 Å². The van der Waals surface area contributed by atoms with Crippen LogP contribution in [0.15, 0.2) is 0 Å². The Hall–Kier alpha value is -1.06. The molecule has 0 aromatic rings. The quantitative estimate of drug-likeness (QED) is 0.670. The minimum Gasteiger partial charge on any atom is -0.481 e. The maximum Gasteiger partial charge on any atom is 0.310 e. The molecule has 2 rings (SSSR count). The molecule has 0 amide bonds. The van der Waals surface area contributed by atoms with Gasteiger partial charge in [-0.1, -0.05) is 0 Å². The highest BCUT2D eigenvalue weighted by molar-refractivity contribution is 5.84. The molecule has 0 heterocycles. The predicted octanol–water partition coefficient (Wildman–Crippen LogP) is 0.962. The molecule has 2 N–H and O–H groups in total. The Labute approximate surface area is 75.6 Å². The van der Waals surface area contributed by atoms with Crippen LogP contribution in [0, 0.1) is 17.3 Å². The molecule has 13 heavy (non-hydrogen) atoms. The molecule has 0 saturated heterocycles. The summed E-state index contributed by atoms with van der Waals surface area (Å²) in [5, 5.41) is 17.9. The van der Waals surface area contributed by atoms with E-state index in [1.165, 1.54) is 0 Å². The van der Waals surface area contributed by atoms with E-state index in [1.54, 1.807) is 0 Å². The van der Waals surface area contributed by atoms with Gasteiger partial charge in [0.15, 0.2) is 0 Å². The van der Waals surface area contributed by atoms with E-state index in [-0.39, 0.29) is 0 Å². The lowest BCUT2D eigenvalue weighted by atomic mass is 9.75. The first-order valence-electron chi connectivity index (χ1n) is 4.52. The minimum atomic E-state index is -0.940. The molecule has 0 unspecified atom stereocenters. The number of carboxylic acid groups (broad SMARTS) is 2. The van der Waals surface area contributed by atoms with Gasteiger partial charge in [0.2, 0.25) is 0 Å². The Morgan fingerprint density at radius 3 is 2.38 bits per heavy atom. The maximum atomic E-state index is 11.0. The summed E-state index contributed by atoms with van der Waals surface area (Å²) in [6.07, 6.45) is 2.56. The van der Waals surface area contributed by atoms with E-state index in [0.29, 0.717) is 25.2 Å². The summed E-state index contributed by atoms with van der Waals surface area (Å²) in [5.41, 5.74) is -0.934. The summed E-state index contributed by atoms with van der Waals surface area (Å²) in [6.45, 7) is 0. The highest BCUT2D eigenvalue weighted by Crippen LogP contribution is 2.57. The number of hydrogen-bond acceptors (Lipinski definition) is 2. The molecule has 0 spiro atoms. The molecular weight excluding hydrogens is 172 g/mol. The van der Waals surface area contributed by atoms with Crippen LogP contribution >= 0.6 is 0 Å². The van der Waals surface area contributed by atoms with Crippen molar-refractivity contribution in [3.05, 3.63) is 0 Å². The van der Waals surface area contributed by atoms with E-state index in [1.807, 2.05) is 0 Å². The Balaban J connectivity index is 2.32. The number of rotatable bonds is 2. The zero-order valence-corrected chi connectivity index (χ0v) is 7.19. The van der Waals surface area contributed by atoms with E-state index in [2.05, 4.69) is 0 Å². The fourth-order valence-corrected chi connectivity index (χ4v) is 2.94. The third-order valence-corrected chi connectivity index (χ3v) is 3.61. The summed E-state index contributed by atoms with van der Waals surface area (Å²) >= 11 is 0. The summed E-state index contributed by atoms with van der Waals surface area (Å²) in [5.74, 6) is -2.18. The van der Waals surface area contributed by atoms with Gasteiger partial charge in [-0.05, 0) is 31.6 Å². The lowest BCUT2D eigenvalue weighted by molar-refractivity contribution is -0.160. The number of carboxylic acids is 2. The Bertz CT molecular complexity index is 273. The van der Waals surface area contributed by atoms with Crippen molar-refractivity contribution >= 4 is 11.9 Å². The van der Waals surface area contributed by atoms with Crippen molar-refractivity contribution in [2.45, 2.75) is 25.7 Å². The number of aliphatic carboxylic acids is 2. The third-order valence-electron chi connectivity index (χ3n) is 3.61. The van der Waals surface area contributed by atoms with Crippen LogP contribution < -0.4 is 0 Å². The molecule has 0 aromatic carbocycles.